The van der Waals surface area contributed by atoms with Gasteiger partial charge in [0.2, 0.25) is 0 Å². The van der Waals surface area contributed by atoms with Gasteiger partial charge in [-0.15, -0.1) is 10.2 Å². The summed E-state index contributed by atoms with van der Waals surface area (Å²) in [7, 11) is 2.18. The number of hydrogen-bond acceptors (Lipinski definition) is 7. The largest absolute Gasteiger partial charge is 0.490 e. The second-order valence-corrected chi connectivity index (χ2v) is 8.98. The molecule has 3 aromatic heterocycles. The minimum absolute atomic E-state index is 0.386. The van der Waals surface area contributed by atoms with Gasteiger partial charge in [0.05, 0.1) is 12.3 Å². The fourth-order valence-corrected chi connectivity index (χ4v) is 4.81. The van der Waals surface area contributed by atoms with Crippen LogP contribution >= 0.6 is 0 Å². The Kier molecular flexibility index (Phi) is 5.83. The third kappa shape index (κ3) is 4.05. The summed E-state index contributed by atoms with van der Waals surface area (Å²) in [6.07, 6.45) is 3.69. The second-order valence-electron chi connectivity index (χ2n) is 8.98. The molecule has 0 saturated carbocycles. The minimum atomic E-state index is 0.386. The van der Waals surface area contributed by atoms with Gasteiger partial charge in [-0.2, -0.15) is 0 Å². The van der Waals surface area contributed by atoms with E-state index in [1.54, 1.807) is 6.20 Å². The number of rotatable bonds is 5. The van der Waals surface area contributed by atoms with Crippen LogP contribution in [-0.4, -0.2) is 64.9 Å². The molecule has 5 rings (SSSR count). The molecule has 0 bridgehead atoms. The summed E-state index contributed by atoms with van der Waals surface area (Å²) in [4.78, 5) is 12.4. The average molecular weight is 458 g/mol. The van der Waals surface area contributed by atoms with Crippen molar-refractivity contribution in [2.45, 2.75) is 20.8 Å². The van der Waals surface area contributed by atoms with Gasteiger partial charge >= 0.3 is 0 Å². The third-order valence-corrected chi connectivity index (χ3v) is 6.54. The summed E-state index contributed by atoms with van der Waals surface area (Å²) < 4.78 is 5.64. The smallest absolute Gasteiger partial charge is 0.166 e. The number of hydrogen-bond donors (Lipinski definition) is 2. The second kappa shape index (κ2) is 8.95. The number of nitrogens with zero attached hydrogens (tertiary/aromatic N) is 5. The molecule has 0 aliphatic carbocycles. The Morgan fingerprint density at radius 3 is 2.44 bits per heavy atom. The average Bonchev–Trinajstić information content (AvgIpc) is 3.25. The van der Waals surface area contributed by atoms with E-state index in [9.17, 15) is 0 Å². The zero-order valence-corrected chi connectivity index (χ0v) is 20.2. The van der Waals surface area contributed by atoms with Gasteiger partial charge in [-0.3, -0.25) is 0 Å². The Balaban J connectivity index is 1.52. The zero-order valence-electron chi connectivity index (χ0n) is 20.2. The number of ether oxygens (including phenoxy) is 1. The normalized spacial score (nSPS) is 14.6. The van der Waals surface area contributed by atoms with Crippen LogP contribution in [0.4, 0.5) is 11.5 Å². The van der Waals surface area contributed by atoms with Crippen LogP contribution in [0.5, 0.6) is 5.75 Å². The number of pyridine rings is 1. The predicted molar refractivity (Wildman–Crippen MR) is 137 cm³/mol. The predicted octanol–water partition coefficient (Wildman–Crippen LogP) is 4.04. The highest BCUT2D eigenvalue weighted by molar-refractivity contribution is 5.95. The van der Waals surface area contributed by atoms with Crippen molar-refractivity contribution in [2.24, 2.45) is 0 Å². The molecule has 1 aliphatic rings. The van der Waals surface area contributed by atoms with Crippen LogP contribution in [0.25, 0.3) is 33.4 Å². The number of piperazine rings is 1. The Bertz CT molecular complexity index is 1320. The maximum absolute atomic E-state index is 5.97. The van der Waals surface area contributed by atoms with Gasteiger partial charge in [0.1, 0.15) is 0 Å². The maximum Gasteiger partial charge on any atom is 0.166 e. The van der Waals surface area contributed by atoms with Crippen LogP contribution in [-0.2, 0) is 0 Å². The van der Waals surface area contributed by atoms with Crippen molar-refractivity contribution in [1.82, 2.24) is 25.1 Å². The van der Waals surface area contributed by atoms with Gasteiger partial charge in [0, 0.05) is 66.3 Å². The number of nitrogens with two attached hydrogens (primary N) is 1. The molecule has 0 atom stereocenters. The highest BCUT2D eigenvalue weighted by Crippen LogP contribution is 2.35. The molecule has 8 heteroatoms. The van der Waals surface area contributed by atoms with Gasteiger partial charge in [-0.05, 0) is 63.2 Å². The molecule has 0 amide bonds. The Labute approximate surface area is 199 Å². The number of nitrogens with one attached hydrogen (secondary N) is 1. The van der Waals surface area contributed by atoms with E-state index >= 15 is 0 Å². The minimum Gasteiger partial charge on any atom is -0.490 e. The molecule has 3 N–H and O–H groups in total. The number of anilines is 2. The monoisotopic (exact) mass is 457 g/mol. The molecule has 4 heterocycles. The van der Waals surface area contributed by atoms with Crippen LogP contribution in [0.1, 0.15) is 18.1 Å². The molecule has 176 valence electrons. The molecular weight excluding hydrogens is 426 g/mol. The summed E-state index contributed by atoms with van der Waals surface area (Å²) in [5, 5.41) is 9.96. The van der Waals surface area contributed by atoms with Crippen LogP contribution in [0, 0.1) is 13.8 Å². The summed E-state index contributed by atoms with van der Waals surface area (Å²) in [6.45, 7) is 11.1. The van der Waals surface area contributed by atoms with Gasteiger partial charge in [-0.25, -0.2) is 4.98 Å². The Morgan fingerprint density at radius 1 is 1.00 bits per heavy atom. The van der Waals surface area contributed by atoms with Crippen molar-refractivity contribution in [1.29, 1.82) is 0 Å². The quantitative estimate of drug-likeness (QED) is 0.467. The molecule has 4 aromatic rings. The van der Waals surface area contributed by atoms with Crippen molar-refractivity contribution in [3.63, 3.8) is 0 Å². The molecule has 0 unspecified atom stereocenters. The lowest BCUT2D eigenvalue weighted by atomic mass is 9.99. The number of likely N-dealkylation sites (N-methyl/N-ethyl adjacent to an activating group) is 1. The number of H-pyrrole nitrogens is 1. The molecule has 1 aromatic carbocycles. The first kappa shape index (κ1) is 22.2. The van der Waals surface area contributed by atoms with E-state index < -0.39 is 0 Å². The van der Waals surface area contributed by atoms with E-state index in [0.29, 0.717) is 18.2 Å². The van der Waals surface area contributed by atoms with Crippen molar-refractivity contribution in [3.05, 3.63) is 47.8 Å². The molecule has 8 nitrogen and oxygen atoms in total. The van der Waals surface area contributed by atoms with E-state index in [2.05, 4.69) is 69.1 Å². The fourth-order valence-electron chi connectivity index (χ4n) is 4.81. The molecule has 0 spiro atoms. The first-order valence-electron chi connectivity index (χ1n) is 11.7. The fraction of sp³-hybridized carbons (Fsp3) is 0.346. The van der Waals surface area contributed by atoms with Crippen molar-refractivity contribution < 1.29 is 4.74 Å². The third-order valence-electron chi connectivity index (χ3n) is 6.54. The molecule has 1 saturated heterocycles. The first-order chi connectivity index (χ1) is 16.4. The summed E-state index contributed by atoms with van der Waals surface area (Å²) >= 11 is 0. The van der Waals surface area contributed by atoms with Crippen molar-refractivity contribution in [2.75, 3.05) is 50.5 Å². The Morgan fingerprint density at radius 2 is 1.74 bits per heavy atom. The number of aromatic nitrogens is 4. The molecule has 1 aliphatic heterocycles. The number of nitrogen functional groups attached to an aromatic ring is 1. The lowest BCUT2D eigenvalue weighted by molar-refractivity contribution is 0.312. The SMILES string of the molecule is CCOc1cc(-c2c[nH]c3nnc(-c4cc(C)c(N5CCN(C)CC5)c(C)c4)cc23)cnc1N. The van der Waals surface area contributed by atoms with Crippen LogP contribution in [0.15, 0.2) is 36.7 Å². The standard InChI is InChI=1S/C26H31N7O/c1-5-34-23-12-19(14-28-25(23)27)21-15-29-26-20(21)13-22(30-31-26)18-10-16(2)24(17(3)11-18)33-8-6-32(4)7-9-33/h10-15H,5-9H2,1-4H3,(H2,27,28)(H,29,31). The molecule has 34 heavy (non-hydrogen) atoms. The summed E-state index contributed by atoms with van der Waals surface area (Å²) in [5.41, 5.74) is 14.4. The zero-order chi connectivity index (χ0) is 23.8. The molecule has 0 radical (unpaired) electrons. The van der Waals surface area contributed by atoms with Crippen LogP contribution < -0.4 is 15.4 Å². The van der Waals surface area contributed by atoms with Crippen molar-refractivity contribution >= 4 is 22.5 Å². The van der Waals surface area contributed by atoms with E-state index in [1.807, 2.05) is 19.2 Å². The number of benzene rings is 1. The highest BCUT2D eigenvalue weighted by Gasteiger charge is 2.19. The van der Waals surface area contributed by atoms with Gasteiger partial charge < -0.3 is 25.3 Å². The molecular formula is C26H31N7O. The van der Waals surface area contributed by atoms with Gasteiger partial charge in [0.25, 0.3) is 0 Å². The topological polar surface area (TPSA) is 96.2 Å². The number of aromatic amines is 1. The van der Waals surface area contributed by atoms with E-state index in [1.165, 1.54) is 16.8 Å². The number of fused-ring (bicyclic) bond motifs is 1. The van der Waals surface area contributed by atoms with E-state index in [-0.39, 0.29) is 0 Å². The van der Waals surface area contributed by atoms with Gasteiger partial charge in [0.15, 0.2) is 17.2 Å². The summed E-state index contributed by atoms with van der Waals surface area (Å²) in [6, 6.07) is 8.46. The van der Waals surface area contributed by atoms with Crippen LogP contribution in [0.2, 0.25) is 0 Å². The van der Waals surface area contributed by atoms with Crippen LogP contribution in [0.3, 0.4) is 0 Å². The highest BCUT2D eigenvalue weighted by atomic mass is 16.5. The van der Waals surface area contributed by atoms with E-state index in [4.69, 9.17) is 10.5 Å². The van der Waals surface area contributed by atoms with Gasteiger partial charge in [-0.1, -0.05) is 0 Å². The first-order valence-corrected chi connectivity index (χ1v) is 11.7. The lowest BCUT2D eigenvalue weighted by Crippen LogP contribution is -2.45. The maximum atomic E-state index is 5.97. The number of aryl methyl sites for hydroxylation is 2. The Hall–Kier alpha value is -3.65. The van der Waals surface area contributed by atoms with Crippen molar-refractivity contribution in [3.8, 4) is 28.1 Å². The summed E-state index contributed by atoms with van der Waals surface area (Å²) in [5.74, 6) is 0.972. The van der Waals surface area contributed by atoms with E-state index in [0.717, 1.165) is 59.6 Å². The molecule has 1 fully saturated rings. The lowest BCUT2D eigenvalue weighted by Gasteiger charge is -2.36.